The molecule has 0 saturated heterocycles. The lowest BCUT2D eigenvalue weighted by Crippen LogP contribution is -2.34. The molecule has 0 bridgehead atoms. The number of hydrogen-bond acceptors (Lipinski definition) is 3. The Morgan fingerprint density at radius 3 is 2.67 bits per heavy atom. The Labute approximate surface area is 108 Å². The van der Waals surface area contributed by atoms with Gasteiger partial charge in [-0.15, -0.1) is 0 Å². The van der Waals surface area contributed by atoms with Crippen molar-refractivity contribution >= 4 is 10.8 Å². The standard InChI is InChI=1S/C12H17F2NO2S/c1-2-15-9(5-6-16)8-18(17)10-3-4-11(13)12(14)7-10/h3-4,7,9,15-16H,2,5-6,8H2,1H3. The second kappa shape index (κ2) is 7.56. The van der Waals surface area contributed by atoms with Crippen LogP contribution in [-0.4, -0.2) is 34.3 Å². The fourth-order valence-corrected chi connectivity index (χ4v) is 2.88. The molecular weight excluding hydrogens is 260 g/mol. The molecule has 2 unspecified atom stereocenters. The van der Waals surface area contributed by atoms with E-state index in [2.05, 4.69) is 5.32 Å². The summed E-state index contributed by atoms with van der Waals surface area (Å²) in [7, 11) is -1.42. The van der Waals surface area contributed by atoms with Crippen LogP contribution < -0.4 is 5.32 Å². The van der Waals surface area contributed by atoms with Crippen LogP contribution in [0, 0.1) is 11.6 Å². The fourth-order valence-electron chi connectivity index (χ4n) is 1.59. The maximum atomic E-state index is 13.0. The Morgan fingerprint density at radius 1 is 1.39 bits per heavy atom. The summed E-state index contributed by atoms with van der Waals surface area (Å²) in [4.78, 5) is 0.259. The van der Waals surface area contributed by atoms with E-state index in [1.807, 2.05) is 6.92 Å². The minimum absolute atomic E-state index is 0.00730. The second-order valence-corrected chi connectivity index (χ2v) is 5.35. The van der Waals surface area contributed by atoms with Crippen LogP contribution in [0.4, 0.5) is 8.78 Å². The highest BCUT2D eigenvalue weighted by atomic mass is 32.2. The molecule has 1 aromatic rings. The number of nitrogens with one attached hydrogen (secondary N) is 1. The molecule has 2 N–H and O–H groups in total. The lowest BCUT2D eigenvalue weighted by molar-refractivity contribution is 0.270. The Balaban J connectivity index is 2.70. The van der Waals surface area contributed by atoms with Gasteiger partial charge in [-0.05, 0) is 31.2 Å². The van der Waals surface area contributed by atoms with Crippen molar-refractivity contribution in [3.05, 3.63) is 29.8 Å². The normalized spacial score (nSPS) is 14.4. The van der Waals surface area contributed by atoms with E-state index in [4.69, 9.17) is 5.11 Å². The number of hydrogen-bond donors (Lipinski definition) is 2. The summed E-state index contributed by atoms with van der Waals surface area (Å²) in [5.74, 6) is -1.68. The highest BCUT2D eigenvalue weighted by Gasteiger charge is 2.14. The van der Waals surface area contributed by atoms with Crippen LogP contribution in [-0.2, 0) is 10.8 Å². The molecule has 18 heavy (non-hydrogen) atoms. The van der Waals surface area contributed by atoms with E-state index in [-0.39, 0.29) is 23.3 Å². The molecule has 6 heteroatoms. The van der Waals surface area contributed by atoms with E-state index < -0.39 is 22.4 Å². The third-order valence-corrected chi connectivity index (χ3v) is 3.96. The third kappa shape index (κ3) is 4.44. The van der Waals surface area contributed by atoms with Gasteiger partial charge in [0.1, 0.15) is 0 Å². The molecule has 0 aromatic heterocycles. The number of halogens is 2. The first-order valence-electron chi connectivity index (χ1n) is 5.76. The smallest absolute Gasteiger partial charge is 0.160 e. The minimum atomic E-state index is -1.42. The van der Waals surface area contributed by atoms with Crippen molar-refractivity contribution in [2.45, 2.75) is 24.3 Å². The van der Waals surface area contributed by atoms with E-state index in [1.54, 1.807) is 0 Å². The van der Waals surface area contributed by atoms with Gasteiger partial charge >= 0.3 is 0 Å². The summed E-state index contributed by atoms with van der Waals surface area (Å²) < 4.78 is 37.7. The molecule has 0 radical (unpaired) electrons. The van der Waals surface area contributed by atoms with Gasteiger partial charge in [0.15, 0.2) is 11.6 Å². The Kier molecular flexibility index (Phi) is 6.38. The van der Waals surface area contributed by atoms with Crippen molar-refractivity contribution in [2.24, 2.45) is 0 Å². The van der Waals surface area contributed by atoms with Crippen molar-refractivity contribution in [1.29, 1.82) is 0 Å². The first-order valence-corrected chi connectivity index (χ1v) is 7.08. The maximum Gasteiger partial charge on any atom is 0.160 e. The van der Waals surface area contributed by atoms with Gasteiger partial charge in [-0.3, -0.25) is 4.21 Å². The SMILES string of the molecule is CCNC(CCO)CS(=O)c1ccc(F)c(F)c1. The number of benzene rings is 1. The molecule has 0 aliphatic rings. The average Bonchev–Trinajstić information content (AvgIpc) is 2.33. The molecular formula is C12H17F2NO2S. The zero-order valence-corrected chi connectivity index (χ0v) is 11.0. The molecule has 102 valence electrons. The van der Waals surface area contributed by atoms with Gasteiger partial charge < -0.3 is 10.4 Å². The van der Waals surface area contributed by atoms with E-state index in [9.17, 15) is 13.0 Å². The largest absolute Gasteiger partial charge is 0.396 e. The van der Waals surface area contributed by atoms with Crippen LogP contribution in [0.3, 0.4) is 0 Å². The fraction of sp³-hybridized carbons (Fsp3) is 0.500. The van der Waals surface area contributed by atoms with E-state index in [1.165, 1.54) is 6.07 Å². The van der Waals surface area contributed by atoms with E-state index >= 15 is 0 Å². The molecule has 0 aliphatic heterocycles. The van der Waals surface area contributed by atoms with Crippen LogP contribution >= 0.6 is 0 Å². The van der Waals surface area contributed by atoms with Gasteiger partial charge in [0.25, 0.3) is 0 Å². The first kappa shape index (κ1) is 15.2. The zero-order chi connectivity index (χ0) is 13.5. The van der Waals surface area contributed by atoms with Crippen molar-refractivity contribution in [2.75, 3.05) is 18.9 Å². The van der Waals surface area contributed by atoms with Gasteiger partial charge in [0.05, 0.1) is 10.8 Å². The minimum Gasteiger partial charge on any atom is -0.396 e. The first-order chi connectivity index (χ1) is 8.58. The summed E-state index contributed by atoms with van der Waals surface area (Å²) in [5.41, 5.74) is 0. The molecule has 1 rings (SSSR count). The van der Waals surface area contributed by atoms with Gasteiger partial charge in [-0.2, -0.15) is 0 Å². The van der Waals surface area contributed by atoms with Crippen LogP contribution in [0.25, 0.3) is 0 Å². The number of aliphatic hydroxyl groups excluding tert-OH is 1. The van der Waals surface area contributed by atoms with Crippen LogP contribution in [0.15, 0.2) is 23.1 Å². The number of aliphatic hydroxyl groups is 1. The van der Waals surface area contributed by atoms with Crippen LogP contribution in [0.1, 0.15) is 13.3 Å². The number of rotatable bonds is 7. The summed E-state index contributed by atoms with van der Waals surface area (Å²) >= 11 is 0. The Bertz CT molecular complexity index is 409. The van der Waals surface area contributed by atoms with Crippen LogP contribution in [0.2, 0.25) is 0 Å². The lowest BCUT2D eigenvalue weighted by atomic mass is 10.2. The predicted octanol–water partition coefficient (Wildman–Crippen LogP) is 1.43. The van der Waals surface area contributed by atoms with Gasteiger partial charge in [-0.1, -0.05) is 6.92 Å². The summed E-state index contributed by atoms with van der Waals surface area (Å²) in [6.07, 6.45) is 0.475. The lowest BCUT2D eigenvalue weighted by Gasteiger charge is -2.16. The summed E-state index contributed by atoms with van der Waals surface area (Å²) in [6.45, 7) is 2.59. The highest BCUT2D eigenvalue weighted by molar-refractivity contribution is 7.85. The zero-order valence-electron chi connectivity index (χ0n) is 10.2. The summed E-state index contributed by atoms with van der Waals surface area (Å²) in [6, 6.07) is 3.13. The monoisotopic (exact) mass is 277 g/mol. The maximum absolute atomic E-state index is 13.0. The molecule has 1 aromatic carbocycles. The molecule has 2 atom stereocenters. The van der Waals surface area contributed by atoms with E-state index in [0.29, 0.717) is 13.0 Å². The highest BCUT2D eigenvalue weighted by Crippen LogP contribution is 2.13. The Morgan fingerprint density at radius 2 is 2.11 bits per heavy atom. The van der Waals surface area contributed by atoms with Crippen molar-refractivity contribution in [3.8, 4) is 0 Å². The van der Waals surface area contributed by atoms with Gasteiger partial charge in [0, 0.05) is 23.3 Å². The van der Waals surface area contributed by atoms with E-state index in [0.717, 1.165) is 12.1 Å². The molecule has 0 spiro atoms. The molecule has 0 aliphatic carbocycles. The molecule has 0 saturated carbocycles. The Hall–Kier alpha value is -0.850. The molecule has 0 amide bonds. The molecule has 0 fully saturated rings. The van der Waals surface area contributed by atoms with Crippen molar-refractivity contribution in [1.82, 2.24) is 5.32 Å². The van der Waals surface area contributed by atoms with Crippen LogP contribution in [0.5, 0.6) is 0 Å². The second-order valence-electron chi connectivity index (χ2n) is 3.85. The molecule has 0 heterocycles. The molecule has 3 nitrogen and oxygen atoms in total. The average molecular weight is 277 g/mol. The van der Waals surface area contributed by atoms with Crippen molar-refractivity contribution < 1.29 is 18.1 Å². The van der Waals surface area contributed by atoms with Crippen molar-refractivity contribution in [3.63, 3.8) is 0 Å². The van der Waals surface area contributed by atoms with Gasteiger partial charge in [-0.25, -0.2) is 8.78 Å². The third-order valence-electron chi connectivity index (χ3n) is 2.48. The summed E-state index contributed by atoms with van der Waals surface area (Å²) in [5, 5.41) is 12.0. The quantitative estimate of drug-likeness (QED) is 0.793. The topological polar surface area (TPSA) is 49.3 Å². The van der Waals surface area contributed by atoms with Gasteiger partial charge in [0.2, 0.25) is 0 Å². The predicted molar refractivity (Wildman–Crippen MR) is 66.8 cm³/mol.